The molecule has 2 aromatic rings. The molecule has 1 fully saturated rings. The second-order valence-corrected chi connectivity index (χ2v) is 6.84. The largest absolute Gasteiger partial charge is 0.330 e. The first kappa shape index (κ1) is 16.4. The fourth-order valence-corrected chi connectivity index (χ4v) is 3.57. The first-order chi connectivity index (χ1) is 9.68. The zero-order valence-electron chi connectivity index (χ0n) is 12.3. The van der Waals surface area contributed by atoms with Crippen LogP contribution in [0.1, 0.15) is 19.0 Å². The standard InChI is InChI=1S/C16H21N3S.ClH/c1-16(11-17)7-8-19(12-16)9-14-10-20-15(18-14)13-5-3-2-4-6-13;/h2-6,10H,7-9,11-12,17H2,1H3;1H. The Bertz CT molecular complexity index is 572. The second kappa shape index (κ2) is 6.88. The molecule has 1 aromatic carbocycles. The maximum atomic E-state index is 5.86. The number of aromatic nitrogens is 1. The summed E-state index contributed by atoms with van der Waals surface area (Å²) in [5.74, 6) is 0. The highest BCUT2D eigenvalue weighted by Crippen LogP contribution is 2.30. The molecule has 1 aliphatic heterocycles. The van der Waals surface area contributed by atoms with Crippen molar-refractivity contribution < 1.29 is 0 Å². The van der Waals surface area contributed by atoms with Gasteiger partial charge in [0.05, 0.1) is 5.69 Å². The SMILES string of the molecule is CC1(CN)CCN(Cc2csc(-c3ccccc3)n2)C1.Cl. The molecule has 3 rings (SSSR count). The highest BCUT2D eigenvalue weighted by Gasteiger charge is 2.32. The van der Waals surface area contributed by atoms with Gasteiger partial charge in [0.25, 0.3) is 0 Å². The fourth-order valence-electron chi connectivity index (χ4n) is 2.75. The molecule has 1 saturated heterocycles. The lowest BCUT2D eigenvalue weighted by Gasteiger charge is -2.22. The van der Waals surface area contributed by atoms with Crippen molar-refractivity contribution in [1.29, 1.82) is 0 Å². The molecular weight excluding hydrogens is 302 g/mol. The van der Waals surface area contributed by atoms with Crippen LogP contribution in [0, 0.1) is 5.41 Å². The number of rotatable bonds is 4. The molecule has 0 aliphatic carbocycles. The van der Waals surface area contributed by atoms with Gasteiger partial charge in [-0.1, -0.05) is 37.3 Å². The molecule has 0 saturated carbocycles. The van der Waals surface area contributed by atoms with Crippen LogP contribution in [-0.2, 0) is 6.54 Å². The molecule has 0 radical (unpaired) electrons. The van der Waals surface area contributed by atoms with Gasteiger partial charge in [-0.25, -0.2) is 4.98 Å². The number of halogens is 1. The third-order valence-corrected chi connectivity index (χ3v) is 5.03. The monoisotopic (exact) mass is 323 g/mol. The van der Waals surface area contributed by atoms with Crippen molar-refractivity contribution in [2.75, 3.05) is 19.6 Å². The minimum Gasteiger partial charge on any atom is -0.330 e. The van der Waals surface area contributed by atoms with Crippen molar-refractivity contribution >= 4 is 23.7 Å². The van der Waals surface area contributed by atoms with Gasteiger partial charge >= 0.3 is 0 Å². The summed E-state index contributed by atoms with van der Waals surface area (Å²) >= 11 is 1.73. The maximum Gasteiger partial charge on any atom is 0.123 e. The van der Waals surface area contributed by atoms with Crippen molar-refractivity contribution in [2.45, 2.75) is 19.9 Å². The van der Waals surface area contributed by atoms with E-state index >= 15 is 0 Å². The Morgan fingerprint density at radius 3 is 2.76 bits per heavy atom. The summed E-state index contributed by atoms with van der Waals surface area (Å²) in [6.45, 7) is 6.21. The molecule has 1 aromatic heterocycles. The molecule has 0 amide bonds. The van der Waals surface area contributed by atoms with Crippen LogP contribution >= 0.6 is 23.7 Å². The molecule has 1 unspecified atom stereocenters. The molecular formula is C16H22ClN3S. The smallest absolute Gasteiger partial charge is 0.123 e. The van der Waals surface area contributed by atoms with Crippen LogP contribution in [0.25, 0.3) is 10.6 Å². The van der Waals surface area contributed by atoms with Crippen molar-refractivity contribution in [3.8, 4) is 10.6 Å². The number of benzene rings is 1. The van der Waals surface area contributed by atoms with Crippen LogP contribution in [-0.4, -0.2) is 29.5 Å². The lowest BCUT2D eigenvalue weighted by molar-refractivity contribution is 0.272. The minimum absolute atomic E-state index is 0. The van der Waals surface area contributed by atoms with E-state index in [4.69, 9.17) is 10.7 Å². The van der Waals surface area contributed by atoms with Gasteiger partial charge in [-0.3, -0.25) is 4.90 Å². The van der Waals surface area contributed by atoms with Gasteiger partial charge in [0, 0.05) is 24.0 Å². The minimum atomic E-state index is 0. The molecule has 3 nitrogen and oxygen atoms in total. The van der Waals surface area contributed by atoms with E-state index in [0.29, 0.717) is 0 Å². The summed E-state index contributed by atoms with van der Waals surface area (Å²) in [6, 6.07) is 10.4. The van der Waals surface area contributed by atoms with Gasteiger partial charge in [-0.05, 0) is 24.9 Å². The van der Waals surface area contributed by atoms with Crippen molar-refractivity contribution in [3.63, 3.8) is 0 Å². The zero-order chi connectivity index (χ0) is 14.0. The quantitative estimate of drug-likeness (QED) is 0.937. The Kier molecular flexibility index (Phi) is 5.38. The van der Waals surface area contributed by atoms with E-state index in [2.05, 4.69) is 41.5 Å². The summed E-state index contributed by atoms with van der Waals surface area (Å²) in [5.41, 5.74) is 8.54. The lowest BCUT2D eigenvalue weighted by Crippen LogP contribution is -2.31. The topological polar surface area (TPSA) is 42.1 Å². The van der Waals surface area contributed by atoms with Crippen LogP contribution in [0.4, 0.5) is 0 Å². The summed E-state index contributed by atoms with van der Waals surface area (Å²) in [6.07, 6.45) is 1.19. The van der Waals surface area contributed by atoms with E-state index in [1.54, 1.807) is 11.3 Å². The molecule has 1 atom stereocenters. The van der Waals surface area contributed by atoms with E-state index in [1.165, 1.54) is 17.7 Å². The molecule has 0 spiro atoms. The van der Waals surface area contributed by atoms with Crippen LogP contribution in [0.3, 0.4) is 0 Å². The molecule has 5 heteroatoms. The average molecular weight is 324 g/mol. The Morgan fingerprint density at radius 1 is 1.33 bits per heavy atom. The number of nitrogens with two attached hydrogens (primary N) is 1. The molecule has 114 valence electrons. The van der Waals surface area contributed by atoms with Crippen molar-refractivity contribution in [2.24, 2.45) is 11.1 Å². The van der Waals surface area contributed by atoms with Crippen molar-refractivity contribution in [3.05, 3.63) is 41.4 Å². The highest BCUT2D eigenvalue weighted by atomic mass is 35.5. The summed E-state index contributed by atoms with van der Waals surface area (Å²) in [7, 11) is 0. The van der Waals surface area contributed by atoms with Gasteiger partial charge in [-0.15, -0.1) is 23.7 Å². The van der Waals surface area contributed by atoms with E-state index < -0.39 is 0 Å². The summed E-state index contributed by atoms with van der Waals surface area (Å²) < 4.78 is 0. The van der Waals surface area contributed by atoms with Crippen molar-refractivity contribution in [1.82, 2.24) is 9.88 Å². The Hall–Kier alpha value is -0.940. The number of hydrogen-bond acceptors (Lipinski definition) is 4. The van der Waals surface area contributed by atoms with Crippen LogP contribution in [0.15, 0.2) is 35.7 Å². The molecule has 2 N–H and O–H groups in total. The van der Waals surface area contributed by atoms with Gasteiger partial charge in [0.2, 0.25) is 0 Å². The van der Waals surface area contributed by atoms with E-state index in [1.807, 2.05) is 6.07 Å². The normalized spacial score (nSPS) is 22.2. The first-order valence-corrected chi connectivity index (χ1v) is 7.99. The first-order valence-electron chi connectivity index (χ1n) is 7.11. The molecule has 1 aliphatic rings. The van der Waals surface area contributed by atoms with E-state index in [-0.39, 0.29) is 17.8 Å². The number of thiazole rings is 1. The summed E-state index contributed by atoms with van der Waals surface area (Å²) in [4.78, 5) is 7.23. The highest BCUT2D eigenvalue weighted by molar-refractivity contribution is 7.13. The van der Waals surface area contributed by atoms with Gasteiger partial charge < -0.3 is 5.73 Å². The maximum absolute atomic E-state index is 5.86. The second-order valence-electron chi connectivity index (χ2n) is 5.99. The van der Waals surface area contributed by atoms with Crippen LogP contribution in [0.2, 0.25) is 0 Å². The number of hydrogen-bond donors (Lipinski definition) is 1. The predicted molar refractivity (Wildman–Crippen MR) is 91.9 cm³/mol. The third kappa shape index (κ3) is 3.83. The van der Waals surface area contributed by atoms with Gasteiger partial charge in [-0.2, -0.15) is 0 Å². The van der Waals surface area contributed by atoms with E-state index in [9.17, 15) is 0 Å². The average Bonchev–Trinajstić information content (AvgIpc) is 3.08. The lowest BCUT2D eigenvalue weighted by atomic mass is 9.90. The van der Waals surface area contributed by atoms with E-state index in [0.717, 1.165) is 31.2 Å². The Balaban J connectivity index is 0.00000161. The molecule has 2 heterocycles. The summed E-state index contributed by atoms with van der Waals surface area (Å²) in [5, 5.41) is 3.29. The van der Waals surface area contributed by atoms with Gasteiger partial charge in [0.1, 0.15) is 5.01 Å². The van der Waals surface area contributed by atoms with Crippen LogP contribution in [0.5, 0.6) is 0 Å². The van der Waals surface area contributed by atoms with Crippen LogP contribution < -0.4 is 5.73 Å². The number of likely N-dealkylation sites (tertiary alicyclic amines) is 1. The predicted octanol–water partition coefficient (Wildman–Crippen LogP) is 3.40. The Morgan fingerprint density at radius 2 is 2.10 bits per heavy atom. The Labute approximate surface area is 136 Å². The zero-order valence-corrected chi connectivity index (χ0v) is 13.9. The fraction of sp³-hybridized carbons (Fsp3) is 0.438. The third-order valence-electron chi connectivity index (χ3n) is 4.09. The molecule has 21 heavy (non-hydrogen) atoms. The number of nitrogens with zero attached hydrogens (tertiary/aromatic N) is 2. The van der Waals surface area contributed by atoms with Gasteiger partial charge in [0.15, 0.2) is 0 Å². The molecule has 0 bridgehead atoms.